The fourth-order valence-corrected chi connectivity index (χ4v) is 1.75. The molecule has 0 aliphatic carbocycles. The Morgan fingerprint density at radius 1 is 1.47 bits per heavy atom. The lowest BCUT2D eigenvalue weighted by Gasteiger charge is -2.28. The third-order valence-electron chi connectivity index (χ3n) is 3.02. The molecule has 3 nitrogen and oxygen atoms in total. The topological polar surface area (TPSA) is 38.3 Å². The van der Waals surface area contributed by atoms with Gasteiger partial charge in [-0.25, -0.2) is 0 Å². The number of hydrogen-bond acceptors (Lipinski definition) is 3. The van der Waals surface area contributed by atoms with E-state index < -0.39 is 17.6 Å². The molecule has 1 aliphatic heterocycles. The molecule has 1 unspecified atom stereocenters. The van der Waals surface area contributed by atoms with Crippen molar-refractivity contribution in [2.24, 2.45) is 11.3 Å². The van der Waals surface area contributed by atoms with E-state index in [1.54, 1.807) is 0 Å². The zero-order valence-electron chi connectivity index (χ0n) is 10.1. The number of esters is 1. The molecule has 1 saturated heterocycles. The number of halogens is 3. The first-order valence-electron chi connectivity index (χ1n) is 5.74. The maximum atomic E-state index is 12.9. The lowest BCUT2D eigenvalue weighted by molar-refractivity contribution is -0.229. The van der Waals surface area contributed by atoms with Crippen molar-refractivity contribution in [1.29, 1.82) is 0 Å². The van der Waals surface area contributed by atoms with Crippen LogP contribution in [0.15, 0.2) is 0 Å². The first-order chi connectivity index (χ1) is 7.79. The third kappa shape index (κ3) is 3.12. The molecule has 1 fully saturated rings. The number of ether oxygens (including phenoxy) is 1. The molecule has 1 N–H and O–H groups in total. The highest BCUT2D eigenvalue weighted by Crippen LogP contribution is 2.43. The van der Waals surface area contributed by atoms with E-state index in [1.807, 2.05) is 13.8 Å². The summed E-state index contributed by atoms with van der Waals surface area (Å²) in [7, 11) is 0. The van der Waals surface area contributed by atoms with Gasteiger partial charge in [-0.15, -0.1) is 0 Å². The van der Waals surface area contributed by atoms with Crippen molar-refractivity contribution in [3.8, 4) is 0 Å². The van der Waals surface area contributed by atoms with Gasteiger partial charge in [0.25, 0.3) is 0 Å². The van der Waals surface area contributed by atoms with E-state index in [1.165, 1.54) is 0 Å². The van der Waals surface area contributed by atoms with Crippen LogP contribution in [0.2, 0.25) is 0 Å². The lowest BCUT2D eigenvalue weighted by Crippen LogP contribution is -2.47. The van der Waals surface area contributed by atoms with E-state index >= 15 is 0 Å². The summed E-state index contributed by atoms with van der Waals surface area (Å²) in [6.07, 6.45) is -4.21. The molecule has 100 valence electrons. The zero-order valence-corrected chi connectivity index (χ0v) is 10.1. The smallest absolute Gasteiger partial charge is 0.406 e. The fraction of sp³-hybridized carbons (Fsp3) is 0.909. The van der Waals surface area contributed by atoms with Gasteiger partial charge in [0, 0.05) is 6.54 Å². The lowest BCUT2D eigenvalue weighted by atomic mass is 9.86. The van der Waals surface area contributed by atoms with Crippen LogP contribution in [-0.4, -0.2) is 31.8 Å². The Bertz CT molecular complexity index is 270. The van der Waals surface area contributed by atoms with Gasteiger partial charge < -0.3 is 10.1 Å². The van der Waals surface area contributed by atoms with Gasteiger partial charge in [-0.1, -0.05) is 13.8 Å². The van der Waals surface area contributed by atoms with Crippen LogP contribution in [0.5, 0.6) is 0 Å². The number of rotatable bonds is 4. The second-order valence-corrected chi connectivity index (χ2v) is 4.83. The van der Waals surface area contributed by atoms with Crippen LogP contribution in [0.1, 0.15) is 26.7 Å². The SMILES string of the molecule is CC(C)CCOC(=O)C1(C(F)(F)F)CCNC1. The van der Waals surface area contributed by atoms with Gasteiger partial charge in [0.05, 0.1) is 6.61 Å². The van der Waals surface area contributed by atoms with Gasteiger partial charge in [0.15, 0.2) is 5.41 Å². The van der Waals surface area contributed by atoms with Crippen molar-refractivity contribution in [3.63, 3.8) is 0 Å². The molecule has 0 aromatic heterocycles. The minimum absolute atomic E-state index is 0.0499. The molecule has 0 bridgehead atoms. The molecule has 0 saturated carbocycles. The Morgan fingerprint density at radius 3 is 2.53 bits per heavy atom. The molecule has 1 rings (SSSR count). The number of hydrogen-bond donors (Lipinski definition) is 1. The van der Waals surface area contributed by atoms with Gasteiger partial charge in [-0.05, 0) is 25.3 Å². The van der Waals surface area contributed by atoms with E-state index in [2.05, 4.69) is 5.32 Å². The van der Waals surface area contributed by atoms with E-state index in [4.69, 9.17) is 4.74 Å². The predicted octanol–water partition coefficient (Wildman–Crippen LogP) is 2.12. The summed E-state index contributed by atoms with van der Waals surface area (Å²) in [6, 6.07) is 0. The average Bonchev–Trinajstić information content (AvgIpc) is 2.65. The predicted molar refractivity (Wildman–Crippen MR) is 56.4 cm³/mol. The number of carbonyl (C=O) groups excluding carboxylic acids is 1. The molecule has 6 heteroatoms. The van der Waals surface area contributed by atoms with Crippen LogP contribution >= 0.6 is 0 Å². The van der Waals surface area contributed by atoms with Gasteiger partial charge >= 0.3 is 12.1 Å². The van der Waals surface area contributed by atoms with E-state index in [9.17, 15) is 18.0 Å². The molecule has 1 heterocycles. The van der Waals surface area contributed by atoms with E-state index in [-0.39, 0.29) is 26.1 Å². The molecular weight excluding hydrogens is 235 g/mol. The van der Waals surface area contributed by atoms with E-state index in [0.717, 1.165) is 0 Å². The van der Waals surface area contributed by atoms with Crippen LogP contribution in [-0.2, 0) is 9.53 Å². The first-order valence-corrected chi connectivity index (χ1v) is 5.74. The molecular formula is C11H18F3NO2. The normalized spacial score (nSPS) is 25.3. The van der Waals surface area contributed by atoms with Crippen molar-refractivity contribution in [2.45, 2.75) is 32.9 Å². The van der Waals surface area contributed by atoms with Crippen molar-refractivity contribution >= 4 is 5.97 Å². The Balaban J connectivity index is 2.63. The highest BCUT2D eigenvalue weighted by molar-refractivity contribution is 5.78. The maximum absolute atomic E-state index is 12.9. The molecule has 1 atom stereocenters. The second-order valence-electron chi connectivity index (χ2n) is 4.83. The largest absolute Gasteiger partial charge is 0.465 e. The fourth-order valence-electron chi connectivity index (χ4n) is 1.75. The Kier molecular flexibility index (Phi) is 4.41. The molecule has 0 amide bonds. The van der Waals surface area contributed by atoms with Crippen molar-refractivity contribution in [3.05, 3.63) is 0 Å². The first kappa shape index (κ1) is 14.3. The van der Waals surface area contributed by atoms with E-state index in [0.29, 0.717) is 12.3 Å². The summed E-state index contributed by atoms with van der Waals surface area (Å²) in [5.41, 5.74) is -2.34. The number of nitrogens with one attached hydrogen (secondary N) is 1. The van der Waals surface area contributed by atoms with Gasteiger partial charge in [-0.3, -0.25) is 4.79 Å². The van der Waals surface area contributed by atoms with Crippen LogP contribution < -0.4 is 5.32 Å². The highest BCUT2D eigenvalue weighted by atomic mass is 19.4. The quantitative estimate of drug-likeness (QED) is 0.780. The van der Waals surface area contributed by atoms with Crippen LogP contribution in [0, 0.1) is 11.3 Å². The summed E-state index contributed by atoms with van der Waals surface area (Å²) in [5, 5.41) is 2.58. The van der Waals surface area contributed by atoms with Gasteiger partial charge in [-0.2, -0.15) is 13.2 Å². The zero-order chi connectivity index (χ0) is 13.1. The minimum atomic E-state index is -4.55. The monoisotopic (exact) mass is 253 g/mol. The van der Waals surface area contributed by atoms with Crippen molar-refractivity contribution in [1.82, 2.24) is 5.32 Å². The molecule has 0 radical (unpaired) electrons. The molecule has 1 aliphatic rings. The summed E-state index contributed by atoms with van der Waals surface area (Å²) in [4.78, 5) is 11.6. The Hall–Kier alpha value is -0.780. The third-order valence-corrected chi connectivity index (χ3v) is 3.02. The number of alkyl halides is 3. The average molecular weight is 253 g/mol. The van der Waals surface area contributed by atoms with Gasteiger partial charge in [0.1, 0.15) is 0 Å². The minimum Gasteiger partial charge on any atom is -0.465 e. The Morgan fingerprint density at radius 2 is 2.12 bits per heavy atom. The molecule has 0 spiro atoms. The van der Waals surface area contributed by atoms with Gasteiger partial charge in [0.2, 0.25) is 0 Å². The summed E-state index contributed by atoms with van der Waals surface area (Å²) >= 11 is 0. The number of carbonyl (C=O) groups is 1. The Labute approximate surface area is 98.7 Å². The summed E-state index contributed by atoms with van der Waals surface area (Å²) in [6.45, 7) is 3.71. The summed E-state index contributed by atoms with van der Waals surface area (Å²) < 4.78 is 43.5. The second kappa shape index (κ2) is 5.25. The molecule has 17 heavy (non-hydrogen) atoms. The molecule has 0 aromatic rings. The standard InChI is InChI=1S/C11H18F3NO2/c1-8(2)3-6-17-9(16)10(11(12,13)14)4-5-15-7-10/h8,15H,3-7H2,1-2H3. The van der Waals surface area contributed by atoms with Crippen LogP contribution in [0.25, 0.3) is 0 Å². The summed E-state index contributed by atoms with van der Waals surface area (Å²) in [5.74, 6) is -0.845. The van der Waals surface area contributed by atoms with Crippen LogP contribution in [0.3, 0.4) is 0 Å². The highest BCUT2D eigenvalue weighted by Gasteiger charge is 2.62. The van der Waals surface area contributed by atoms with Crippen molar-refractivity contribution in [2.75, 3.05) is 19.7 Å². The molecule has 0 aromatic carbocycles. The van der Waals surface area contributed by atoms with Crippen molar-refractivity contribution < 1.29 is 22.7 Å². The van der Waals surface area contributed by atoms with Crippen LogP contribution in [0.4, 0.5) is 13.2 Å². The maximum Gasteiger partial charge on any atom is 0.406 e.